The first-order valence-corrected chi connectivity index (χ1v) is 8.46. The molecule has 1 N–H and O–H groups in total. The third kappa shape index (κ3) is 2.82. The normalized spacial score (nSPS) is 19.7. The number of rotatable bonds is 3. The number of hydrogen-bond acceptors (Lipinski definition) is 2. The summed E-state index contributed by atoms with van der Waals surface area (Å²) < 4.78 is 0. The zero-order chi connectivity index (χ0) is 15.7. The van der Waals surface area contributed by atoms with Crippen molar-refractivity contribution in [3.05, 3.63) is 45.2 Å². The van der Waals surface area contributed by atoms with Crippen LogP contribution < -0.4 is 5.43 Å². The summed E-state index contributed by atoms with van der Waals surface area (Å²) in [7, 11) is 0. The molecule has 2 heterocycles. The molecule has 1 aliphatic rings. The lowest BCUT2D eigenvalue weighted by molar-refractivity contribution is 0.135. The highest BCUT2D eigenvalue weighted by Gasteiger charge is 2.22. The van der Waals surface area contributed by atoms with Crippen molar-refractivity contribution in [3.63, 3.8) is 0 Å². The van der Waals surface area contributed by atoms with Gasteiger partial charge in [-0.1, -0.05) is 25.0 Å². The van der Waals surface area contributed by atoms with Crippen LogP contribution in [0.1, 0.15) is 49.4 Å². The molecule has 0 spiro atoms. The number of hydrogen-bond donors (Lipinski definition) is 1. The Morgan fingerprint density at radius 1 is 1.27 bits per heavy atom. The number of benzene rings is 1. The standard InChI is InChI=1S/C19H26N2O/c1-4-15-7-5-6-10-21(15)12-17-14(3)20-18-9-8-13(2)11-16(18)19(17)22/h8-9,11,15H,4-7,10,12H2,1-3H3,(H,20,22). The highest BCUT2D eigenvalue weighted by molar-refractivity contribution is 5.80. The summed E-state index contributed by atoms with van der Waals surface area (Å²) in [4.78, 5) is 18.8. The molecular formula is C19H26N2O. The maximum absolute atomic E-state index is 12.9. The Bertz CT molecular complexity index is 732. The molecular weight excluding hydrogens is 272 g/mol. The van der Waals surface area contributed by atoms with E-state index in [0.29, 0.717) is 6.04 Å². The third-order valence-corrected chi connectivity index (χ3v) is 5.05. The van der Waals surface area contributed by atoms with Crippen molar-refractivity contribution in [1.82, 2.24) is 9.88 Å². The van der Waals surface area contributed by atoms with E-state index < -0.39 is 0 Å². The van der Waals surface area contributed by atoms with Crippen molar-refractivity contribution in [3.8, 4) is 0 Å². The highest BCUT2D eigenvalue weighted by atomic mass is 16.1. The van der Waals surface area contributed by atoms with Crippen molar-refractivity contribution >= 4 is 10.9 Å². The summed E-state index contributed by atoms with van der Waals surface area (Å²) >= 11 is 0. The monoisotopic (exact) mass is 298 g/mol. The fraction of sp³-hybridized carbons (Fsp3) is 0.526. The van der Waals surface area contributed by atoms with Gasteiger partial charge in [-0.05, 0) is 51.8 Å². The Balaban J connectivity index is 2.01. The van der Waals surface area contributed by atoms with Crippen LogP contribution in [0.15, 0.2) is 23.0 Å². The second kappa shape index (κ2) is 6.25. The molecule has 0 saturated carbocycles. The van der Waals surface area contributed by atoms with E-state index >= 15 is 0 Å². The second-order valence-corrected chi connectivity index (χ2v) is 6.64. The molecule has 1 aromatic heterocycles. The van der Waals surface area contributed by atoms with E-state index in [9.17, 15) is 4.79 Å². The largest absolute Gasteiger partial charge is 0.358 e. The lowest BCUT2D eigenvalue weighted by atomic mass is 9.98. The average molecular weight is 298 g/mol. The molecule has 0 amide bonds. The molecule has 0 radical (unpaired) electrons. The molecule has 3 heteroatoms. The fourth-order valence-corrected chi connectivity index (χ4v) is 3.69. The van der Waals surface area contributed by atoms with E-state index in [-0.39, 0.29) is 5.43 Å². The van der Waals surface area contributed by atoms with Crippen LogP contribution in [-0.4, -0.2) is 22.5 Å². The molecule has 2 aromatic rings. The number of nitrogens with zero attached hydrogens (tertiary/aromatic N) is 1. The van der Waals surface area contributed by atoms with Crippen LogP contribution in [0.4, 0.5) is 0 Å². The number of fused-ring (bicyclic) bond motifs is 1. The zero-order valence-electron chi connectivity index (χ0n) is 13.9. The minimum Gasteiger partial charge on any atom is -0.358 e. The molecule has 1 atom stereocenters. The van der Waals surface area contributed by atoms with Gasteiger partial charge in [-0.2, -0.15) is 0 Å². The Morgan fingerprint density at radius 3 is 2.86 bits per heavy atom. The van der Waals surface area contributed by atoms with Crippen LogP contribution in [0.25, 0.3) is 10.9 Å². The van der Waals surface area contributed by atoms with Crippen LogP contribution in [0.3, 0.4) is 0 Å². The number of aromatic nitrogens is 1. The van der Waals surface area contributed by atoms with Crippen LogP contribution in [0, 0.1) is 13.8 Å². The van der Waals surface area contributed by atoms with Gasteiger partial charge in [0.15, 0.2) is 5.43 Å². The molecule has 0 aliphatic carbocycles. The second-order valence-electron chi connectivity index (χ2n) is 6.64. The van der Waals surface area contributed by atoms with Crippen LogP contribution in [0.5, 0.6) is 0 Å². The van der Waals surface area contributed by atoms with E-state index in [2.05, 4.69) is 22.9 Å². The Kier molecular flexibility index (Phi) is 4.34. The molecule has 1 saturated heterocycles. The van der Waals surface area contributed by atoms with E-state index in [1.54, 1.807) is 0 Å². The predicted octanol–water partition coefficient (Wildman–Crippen LogP) is 3.91. The van der Waals surface area contributed by atoms with E-state index in [1.807, 2.05) is 26.0 Å². The van der Waals surface area contributed by atoms with Gasteiger partial charge < -0.3 is 4.98 Å². The van der Waals surface area contributed by atoms with Gasteiger partial charge >= 0.3 is 0 Å². The lowest BCUT2D eigenvalue weighted by Crippen LogP contribution is -2.39. The summed E-state index contributed by atoms with van der Waals surface area (Å²) in [6, 6.07) is 6.69. The minimum atomic E-state index is 0.204. The van der Waals surface area contributed by atoms with Crippen molar-refractivity contribution in [2.24, 2.45) is 0 Å². The van der Waals surface area contributed by atoms with E-state index in [0.717, 1.165) is 40.8 Å². The lowest BCUT2D eigenvalue weighted by Gasteiger charge is -2.35. The summed E-state index contributed by atoms with van der Waals surface area (Å²) in [6.45, 7) is 8.22. The average Bonchev–Trinajstić information content (AvgIpc) is 2.52. The molecule has 1 aromatic carbocycles. The fourth-order valence-electron chi connectivity index (χ4n) is 3.69. The first kappa shape index (κ1) is 15.3. The summed E-state index contributed by atoms with van der Waals surface area (Å²) in [5.74, 6) is 0. The number of H-pyrrole nitrogens is 1. The van der Waals surface area contributed by atoms with Gasteiger partial charge in [-0.25, -0.2) is 0 Å². The minimum absolute atomic E-state index is 0.204. The first-order valence-electron chi connectivity index (χ1n) is 8.46. The van der Waals surface area contributed by atoms with Crippen LogP contribution in [-0.2, 0) is 6.54 Å². The molecule has 22 heavy (non-hydrogen) atoms. The zero-order valence-corrected chi connectivity index (χ0v) is 13.9. The molecule has 1 fully saturated rings. The van der Waals surface area contributed by atoms with Crippen molar-refractivity contribution < 1.29 is 0 Å². The Hall–Kier alpha value is -1.61. The molecule has 1 unspecified atom stereocenters. The van der Waals surface area contributed by atoms with E-state index in [4.69, 9.17) is 0 Å². The van der Waals surface area contributed by atoms with Gasteiger partial charge in [0.05, 0.1) is 0 Å². The highest BCUT2D eigenvalue weighted by Crippen LogP contribution is 2.22. The summed E-state index contributed by atoms with van der Waals surface area (Å²) in [6.07, 6.45) is 5.01. The van der Waals surface area contributed by atoms with Gasteiger partial charge in [-0.15, -0.1) is 0 Å². The van der Waals surface area contributed by atoms with Gasteiger partial charge in [0.1, 0.15) is 0 Å². The SMILES string of the molecule is CCC1CCCCN1Cc1c(C)[nH]c2ccc(C)cc2c1=O. The van der Waals surface area contributed by atoms with Gasteiger partial charge in [0.25, 0.3) is 0 Å². The molecule has 1 aliphatic heterocycles. The number of likely N-dealkylation sites (tertiary alicyclic amines) is 1. The summed E-state index contributed by atoms with van der Waals surface area (Å²) in [5.41, 5.74) is 4.25. The van der Waals surface area contributed by atoms with Crippen LogP contribution >= 0.6 is 0 Å². The quantitative estimate of drug-likeness (QED) is 0.932. The number of aromatic amines is 1. The van der Waals surface area contributed by atoms with Crippen LogP contribution in [0.2, 0.25) is 0 Å². The molecule has 3 nitrogen and oxygen atoms in total. The number of nitrogens with one attached hydrogen (secondary N) is 1. The van der Waals surface area contributed by atoms with Gasteiger partial charge in [-0.3, -0.25) is 9.69 Å². The molecule has 0 bridgehead atoms. The number of piperidine rings is 1. The Labute approximate surface area is 132 Å². The first-order chi connectivity index (χ1) is 10.6. The van der Waals surface area contributed by atoms with Crippen molar-refractivity contribution in [1.29, 1.82) is 0 Å². The van der Waals surface area contributed by atoms with Gasteiger partial charge in [0.2, 0.25) is 0 Å². The summed E-state index contributed by atoms with van der Waals surface area (Å²) in [5, 5.41) is 0.825. The Morgan fingerprint density at radius 2 is 2.09 bits per heavy atom. The topological polar surface area (TPSA) is 36.1 Å². The van der Waals surface area contributed by atoms with Crippen molar-refractivity contribution in [2.75, 3.05) is 6.54 Å². The molecule has 3 rings (SSSR count). The number of aryl methyl sites for hydroxylation is 2. The maximum Gasteiger partial charge on any atom is 0.194 e. The maximum atomic E-state index is 12.9. The van der Waals surface area contributed by atoms with E-state index in [1.165, 1.54) is 25.7 Å². The third-order valence-electron chi connectivity index (χ3n) is 5.05. The predicted molar refractivity (Wildman–Crippen MR) is 92.4 cm³/mol. The molecule has 118 valence electrons. The number of pyridine rings is 1. The smallest absolute Gasteiger partial charge is 0.194 e. The van der Waals surface area contributed by atoms with Crippen molar-refractivity contribution in [2.45, 2.75) is 59.0 Å². The van der Waals surface area contributed by atoms with Gasteiger partial charge in [0, 0.05) is 34.7 Å².